The number of aliphatic hydroxyl groups excluding tert-OH is 1. The molecule has 2 N–H and O–H groups in total. The maximum absolute atomic E-state index is 11.9. The molecule has 5 heteroatoms. The van der Waals surface area contributed by atoms with Crippen molar-refractivity contribution in [2.75, 3.05) is 6.54 Å². The Balaban J connectivity index is 1.85. The summed E-state index contributed by atoms with van der Waals surface area (Å²) in [5.41, 5.74) is 1.38. The Morgan fingerprint density at radius 2 is 2.00 bits per heavy atom. The molecule has 1 aromatic heterocycles. The summed E-state index contributed by atoms with van der Waals surface area (Å²) in [6.45, 7) is 4.07. The first kappa shape index (κ1) is 15.8. The van der Waals surface area contributed by atoms with Gasteiger partial charge in [0.25, 0.3) is 5.91 Å². The van der Waals surface area contributed by atoms with Crippen LogP contribution in [0.5, 0.6) is 0 Å². The van der Waals surface area contributed by atoms with Crippen molar-refractivity contribution < 1.29 is 14.3 Å². The molecule has 21 heavy (non-hydrogen) atoms. The van der Waals surface area contributed by atoms with E-state index in [1.54, 1.807) is 12.1 Å². The quantitative estimate of drug-likeness (QED) is 0.866. The van der Waals surface area contributed by atoms with Crippen LogP contribution in [-0.4, -0.2) is 17.6 Å². The number of carbonyl (C=O) groups is 1. The summed E-state index contributed by atoms with van der Waals surface area (Å²) in [6, 6.07) is 8.97. The summed E-state index contributed by atoms with van der Waals surface area (Å²) in [6.07, 6.45) is -0.185. The number of benzene rings is 1. The van der Waals surface area contributed by atoms with E-state index in [0.29, 0.717) is 18.5 Å². The third-order valence-electron chi connectivity index (χ3n) is 3.25. The lowest BCUT2D eigenvalue weighted by atomic mass is 10.1. The largest absolute Gasteiger partial charge is 0.466 e. The predicted molar refractivity (Wildman–Crippen MR) is 84.2 cm³/mol. The smallest absolute Gasteiger partial charge is 0.251 e. The lowest BCUT2D eigenvalue weighted by Gasteiger charge is -2.10. The number of amides is 1. The fraction of sp³-hybridized carbons (Fsp3) is 0.312. The Hall–Kier alpha value is -1.59. The van der Waals surface area contributed by atoms with E-state index in [0.717, 1.165) is 21.6 Å². The minimum absolute atomic E-state index is 0.144. The lowest BCUT2D eigenvalue weighted by Crippen LogP contribution is -2.25. The molecule has 2 rings (SSSR count). The second kappa shape index (κ2) is 6.91. The molecule has 0 aliphatic rings. The highest BCUT2D eigenvalue weighted by molar-refractivity contribution is 9.10. The van der Waals surface area contributed by atoms with Gasteiger partial charge in [-0.05, 0) is 50.6 Å². The van der Waals surface area contributed by atoms with E-state index >= 15 is 0 Å². The van der Waals surface area contributed by atoms with Crippen LogP contribution in [0.1, 0.15) is 40.0 Å². The third-order valence-corrected chi connectivity index (χ3v) is 3.78. The predicted octanol–water partition coefficient (Wildman–Crippen LogP) is 3.51. The zero-order valence-corrected chi connectivity index (χ0v) is 13.6. The van der Waals surface area contributed by atoms with Crippen molar-refractivity contribution in [3.05, 3.63) is 57.5 Å². The lowest BCUT2D eigenvalue weighted by molar-refractivity contribution is 0.0942. The van der Waals surface area contributed by atoms with Crippen molar-refractivity contribution in [1.29, 1.82) is 0 Å². The van der Waals surface area contributed by atoms with Gasteiger partial charge in [0.15, 0.2) is 0 Å². The summed E-state index contributed by atoms with van der Waals surface area (Å²) in [4.78, 5) is 11.9. The van der Waals surface area contributed by atoms with E-state index < -0.39 is 6.10 Å². The summed E-state index contributed by atoms with van der Waals surface area (Å²) >= 11 is 3.33. The van der Waals surface area contributed by atoms with E-state index in [2.05, 4.69) is 21.2 Å². The van der Waals surface area contributed by atoms with E-state index in [1.807, 2.05) is 32.0 Å². The van der Waals surface area contributed by atoms with Crippen molar-refractivity contribution in [2.45, 2.75) is 26.4 Å². The SMILES string of the molecule is Cc1cc(C(O)CCNC(=O)c2ccc(Br)cc2)c(C)o1. The zero-order chi connectivity index (χ0) is 15.4. The molecular weight excluding hydrogens is 334 g/mol. The van der Waals surface area contributed by atoms with Gasteiger partial charge in [-0.25, -0.2) is 0 Å². The molecule has 1 amide bonds. The van der Waals surface area contributed by atoms with Crippen molar-refractivity contribution >= 4 is 21.8 Å². The molecule has 0 radical (unpaired) electrons. The zero-order valence-electron chi connectivity index (χ0n) is 12.0. The van der Waals surface area contributed by atoms with Crippen LogP contribution in [0, 0.1) is 13.8 Å². The van der Waals surface area contributed by atoms with Gasteiger partial charge in [-0.15, -0.1) is 0 Å². The molecule has 2 aromatic rings. The number of hydrogen-bond acceptors (Lipinski definition) is 3. The van der Waals surface area contributed by atoms with Gasteiger partial charge in [-0.2, -0.15) is 0 Å². The number of hydrogen-bond donors (Lipinski definition) is 2. The number of aliphatic hydroxyl groups is 1. The number of aryl methyl sites for hydroxylation is 2. The summed E-state index contributed by atoms with van der Waals surface area (Å²) < 4.78 is 6.32. The number of furan rings is 1. The first-order chi connectivity index (χ1) is 9.97. The van der Waals surface area contributed by atoms with Crippen LogP contribution in [0.4, 0.5) is 0 Å². The van der Waals surface area contributed by atoms with Gasteiger partial charge < -0.3 is 14.8 Å². The van der Waals surface area contributed by atoms with E-state index in [-0.39, 0.29) is 5.91 Å². The van der Waals surface area contributed by atoms with Gasteiger partial charge in [0.1, 0.15) is 11.5 Å². The second-order valence-corrected chi connectivity index (χ2v) is 5.85. The van der Waals surface area contributed by atoms with Crippen LogP contribution in [0.25, 0.3) is 0 Å². The highest BCUT2D eigenvalue weighted by Crippen LogP contribution is 2.23. The van der Waals surface area contributed by atoms with Gasteiger partial charge >= 0.3 is 0 Å². The summed E-state index contributed by atoms with van der Waals surface area (Å²) in [5, 5.41) is 12.9. The Morgan fingerprint density at radius 3 is 2.57 bits per heavy atom. The van der Waals surface area contributed by atoms with E-state index in [4.69, 9.17) is 4.42 Å². The standard InChI is InChI=1S/C16H18BrNO3/c1-10-9-14(11(2)21-10)15(19)7-8-18-16(20)12-3-5-13(17)6-4-12/h3-6,9,15,19H,7-8H2,1-2H3,(H,18,20). The fourth-order valence-corrected chi connectivity index (χ4v) is 2.43. The van der Waals surface area contributed by atoms with Crippen molar-refractivity contribution in [3.8, 4) is 0 Å². The molecule has 1 atom stereocenters. The van der Waals surface area contributed by atoms with Gasteiger partial charge in [-0.1, -0.05) is 15.9 Å². The molecule has 0 aliphatic heterocycles. The molecule has 0 fully saturated rings. The average molecular weight is 352 g/mol. The van der Waals surface area contributed by atoms with Gasteiger partial charge in [0, 0.05) is 22.1 Å². The topological polar surface area (TPSA) is 62.5 Å². The monoisotopic (exact) mass is 351 g/mol. The van der Waals surface area contributed by atoms with Crippen molar-refractivity contribution in [3.63, 3.8) is 0 Å². The fourth-order valence-electron chi connectivity index (χ4n) is 2.16. The number of nitrogens with one attached hydrogen (secondary N) is 1. The normalized spacial score (nSPS) is 12.2. The van der Waals surface area contributed by atoms with Gasteiger partial charge in [0.2, 0.25) is 0 Å². The molecule has 0 spiro atoms. The Morgan fingerprint density at radius 1 is 1.33 bits per heavy atom. The molecule has 0 aliphatic carbocycles. The Bertz CT molecular complexity index is 619. The molecular formula is C16H18BrNO3. The highest BCUT2D eigenvalue weighted by Gasteiger charge is 2.14. The second-order valence-electron chi connectivity index (χ2n) is 4.94. The molecule has 112 valence electrons. The summed E-state index contributed by atoms with van der Waals surface area (Å²) in [5.74, 6) is 1.36. The van der Waals surface area contributed by atoms with Crippen molar-refractivity contribution in [1.82, 2.24) is 5.32 Å². The van der Waals surface area contributed by atoms with Crippen LogP contribution in [0.15, 0.2) is 39.2 Å². The van der Waals surface area contributed by atoms with Crippen LogP contribution >= 0.6 is 15.9 Å². The molecule has 0 saturated carbocycles. The molecule has 0 saturated heterocycles. The highest BCUT2D eigenvalue weighted by atomic mass is 79.9. The minimum Gasteiger partial charge on any atom is -0.466 e. The third kappa shape index (κ3) is 4.19. The Labute approximate surface area is 132 Å². The van der Waals surface area contributed by atoms with Crippen LogP contribution in [0.2, 0.25) is 0 Å². The maximum Gasteiger partial charge on any atom is 0.251 e. The summed E-state index contributed by atoms with van der Waals surface area (Å²) in [7, 11) is 0. The molecule has 1 aromatic carbocycles. The molecule has 1 unspecified atom stereocenters. The first-order valence-corrected chi connectivity index (χ1v) is 7.55. The molecule has 0 bridgehead atoms. The molecule has 1 heterocycles. The number of halogens is 1. The van der Waals surface area contributed by atoms with Gasteiger partial charge in [0.05, 0.1) is 6.10 Å². The number of rotatable bonds is 5. The van der Waals surface area contributed by atoms with E-state index in [1.165, 1.54) is 0 Å². The van der Waals surface area contributed by atoms with Crippen LogP contribution in [-0.2, 0) is 0 Å². The van der Waals surface area contributed by atoms with Crippen LogP contribution < -0.4 is 5.32 Å². The van der Waals surface area contributed by atoms with Crippen molar-refractivity contribution in [2.24, 2.45) is 0 Å². The number of carbonyl (C=O) groups excluding carboxylic acids is 1. The molecule has 4 nitrogen and oxygen atoms in total. The average Bonchev–Trinajstić information content (AvgIpc) is 2.78. The minimum atomic E-state index is -0.632. The maximum atomic E-state index is 11.9. The Kier molecular flexibility index (Phi) is 5.20. The van der Waals surface area contributed by atoms with E-state index in [9.17, 15) is 9.90 Å². The van der Waals surface area contributed by atoms with Gasteiger partial charge in [-0.3, -0.25) is 4.79 Å². The first-order valence-electron chi connectivity index (χ1n) is 6.76. The van der Waals surface area contributed by atoms with Crippen LogP contribution in [0.3, 0.4) is 0 Å².